The summed E-state index contributed by atoms with van der Waals surface area (Å²) in [5.74, 6) is -0.961. The van der Waals surface area contributed by atoms with Gasteiger partial charge in [-0.05, 0) is 12.8 Å². The van der Waals surface area contributed by atoms with Crippen molar-refractivity contribution in [2.45, 2.75) is 37.7 Å². The highest BCUT2D eigenvalue weighted by Gasteiger charge is 2.40. The Hall–Kier alpha value is -0.830. The third-order valence-electron chi connectivity index (χ3n) is 2.99. The number of carbonyl (C=O) groups is 1. The van der Waals surface area contributed by atoms with Crippen LogP contribution in [0.15, 0.2) is 12.7 Å². The zero-order valence-electron chi connectivity index (χ0n) is 8.66. The molecule has 3 nitrogen and oxygen atoms in total. The molecule has 0 aromatic rings. The maximum Gasteiger partial charge on any atom is 0.315 e. The van der Waals surface area contributed by atoms with Gasteiger partial charge in [0.1, 0.15) is 5.92 Å². The number of hydrogen-bond acceptors (Lipinski definition) is 3. The van der Waals surface area contributed by atoms with E-state index < -0.39 is 11.5 Å². The van der Waals surface area contributed by atoms with Crippen LogP contribution >= 0.6 is 0 Å². The van der Waals surface area contributed by atoms with Crippen LogP contribution in [0.25, 0.3) is 0 Å². The highest BCUT2D eigenvalue weighted by Crippen LogP contribution is 2.35. The van der Waals surface area contributed by atoms with Gasteiger partial charge in [0.15, 0.2) is 0 Å². The maximum absolute atomic E-state index is 11.4. The molecule has 0 aromatic carbocycles. The van der Waals surface area contributed by atoms with Gasteiger partial charge in [0.25, 0.3) is 0 Å². The molecule has 14 heavy (non-hydrogen) atoms. The maximum atomic E-state index is 11.4. The van der Waals surface area contributed by atoms with Gasteiger partial charge < -0.3 is 9.84 Å². The van der Waals surface area contributed by atoms with Crippen LogP contribution in [-0.2, 0) is 9.53 Å². The van der Waals surface area contributed by atoms with E-state index >= 15 is 0 Å². The van der Waals surface area contributed by atoms with Gasteiger partial charge in [-0.2, -0.15) is 0 Å². The first-order valence-electron chi connectivity index (χ1n) is 5.07. The van der Waals surface area contributed by atoms with Crippen molar-refractivity contribution in [1.82, 2.24) is 0 Å². The second kappa shape index (κ2) is 4.60. The molecule has 1 atom stereocenters. The lowest BCUT2D eigenvalue weighted by Crippen LogP contribution is -2.43. The molecule has 1 fully saturated rings. The molecule has 0 amide bonds. The molecule has 0 radical (unpaired) electrons. The molecule has 0 bridgehead atoms. The Bertz CT molecular complexity index is 217. The number of carbonyl (C=O) groups excluding carboxylic acids is 1. The number of hydrogen-bond donors (Lipinski definition) is 1. The number of ether oxygens (including phenoxy) is 1. The van der Waals surface area contributed by atoms with Gasteiger partial charge in [-0.1, -0.05) is 25.3 Å². The third kappa shape index (κ3) is 2.15. The molecular weight excluding hydrogens is 180 g/mol. The van der Waals surface area contributed by atoms with E-state index in [1.54, 1.807) is 0 Å². The van der Waals surface area contributed by atoms with Gasteiger partial charge in [0.2, 0.25) is 0 Å². The normalized spacial score (nSPS) is 22.4. The lowest BCUT2D eigenvalue weighted by Gasteiger charge is -2.36. The summed E-state index contributed by atoms with van der Waals surface area (Å²) in [6.07, 6.45) is 5.90. The SMILES string of the molecule is C=CC(C(=O)OC)C1(O)CCCCC1. The van der Waals surface area contributed by atoms with E-state index in [2.05, 4.69) is 11.3 Å². The van der Waals surface area contributed by atoms with Gasteiger partial charge >= 0.3 is 5.97 Å². The fourth-order valence-electron chi connectivity index (χ4n) is 2.14. The minimum absolute atomic E-state index is 0.385. The monoisotopic (exact) mass is 198 g/mol. The van der Waals surface area contributed by atoms with Crippen molar-refractivity contribution in [1.29, 1.82) is 0 Å². The van der Waals surface area contributed by atoms with Crippen molar-refractivity contribution in [3.63, 3.8) is 0 Å². The molecule has 0 aliphatic heterocycles. The lowest BCUT2D eigenvalue weighted by molar-refractivity contribution is -0.154. The first kappa shape index (κ1) is 11.2. The molecule has 0 spiro atoms. The minimum Gasteiger partial charge on any atom is -0.468 e. The predicted octanol–water partition coefficient (Wildman–Crippen LogP) is 1.66. The summed E-state index contributed by atoms with van der Waals surface area (Å²) in [4.78, 5) is 11.4. The molecule has 0 heterocycles. The zero-order chi connectivity index (χ0) is 10.6. The van der Waals surface area contributed by atoms with Crippen molar-refractivity contribution < 1.29 is 14.6 Å². The number of esters is 1. The molecule has 0 aromatic heterocycles. The summed E-state index contributed by atoms with van der Waals surface area (Å²) in [7, 11) is 1.34. The van der Waals surface area contributed by atoms with Crippen LogP contribution in [0.5, 0.6) is 0 Å². The third-order valence-corrected chi connectivity index (χ3v) is 2.99. The number of rotatable bonds is 3. The fraction of sp³-hybridized carbons (Fsp3) is 0.727. The van der Waals surface area contributed by atoms with Crippen LogP contribution in [0, 0.1) is 5.92 Å². The smallest absolute Gasteiger partial charge is 0.315 e. The van der Waals surface area contributed by atoms with Crippen molar-refractivity contribution >= 4 is 5.97 Å². The van der Waals surface area contributed by atoms with Gasteiger partial charge in [-0.15, -0.1) is 6.58 Å². The molecule has 1 saturated carbocycles. The van der Waals surface area contributed by atoms with Crippen molar-refractivity contribution in [2.24, 2.45) is 5.92 Å². The Labute approximate surface area is 84.8 Å². The van der Waals surface area contributed by atoms with Crippen LogP contribution in [0.1, 0.15) is 32.1 Å². The van der Waals surface area contributed by atoms with E-state index in [0.717, 1.165) is 19.3 Å². The van der Waals surface area contributed by atoms with Crippen LogP contribution in [0.4, 0.5) is 0 Å². The fourth-order valence-corrected chi connectivity index (χ4v) is 2.14. The second-order valence-corrected chi connectivity index (χ2v) is 3.90. The first-order valence-corrected chi connectivity index (χ1v) is 5.07. The average Bonchev–Trinajstić information content (AvgIpc) is 2.19. The van der Waals surface area contributed by atoms with E-state index in [1.165, 1.54) is 13.2 Å². The van der Waals surface area contributed by atoms with Gasteiger partial charge in [-0.25, -0.2) is 0 Å². The summed E-state index contributed by atoms with van der Waals surface area (Å²) in [6, 6.07) is 0. The van der Waals surface area contributed by atoms with E-state index in [0.29, 0.717) is 12.8 Å². The van der Waals surface area contributed by atoms with Crippen LogP contribution < -0.4 is 0 Å². The highest BCUT2D eigenvalue weighted by molar-refractivity contribution is 5.75. The Morgan fingerprint density at radius 3 is 2.50 bits per heavy atom. The van der Waals surface area contributed by atoms with Crippen molar-refractivity contribution in [3.05, 3.63) is 12.7 Å². The van der Waals surface area contributed by atoms with Gasteiger partial charge in [0, 0.05) is 0 Å². The predicted molar refractivity (Wildman–Crippen MR) is 53.7 cm³/mol. The summed E-state index contributed by atoms with van der Waals surface area (Å²) in [5, 5.41) is 10.3. The highest BCUT2D eigenvalue weighted by atomic mass is 16.5. The summed E-state index contributed by atoms with van der Waals surface area (Å²) >= 11 is 0. The Morgan fingerprint density at radius 1 is 1.50 bits per heavy atom. The summed E-state index contributed by atoms with van der Waals surface area (Å²) in [5.41, 5.74) is -0.924. The van der Waals surface area contributed by atoms with Crippen LogP contribution in [0.3, 0.4) is 0 Å². The quantitative estimate of drug-likeness (QED) is 0.554. The van der Waals surface area contributed by atoms with Crippen molar-refractivity contribution in [2.75, 3.05) is 7.11 Å². The Morgan fingerprint density at radius 2 is 2.07 bits per heavy atom. The largest absolute Gasteiger partial charge is 0.468 e. The zero-order valence-corrected chi connectivity index (χ0v) is 8.66. The lowest BCUT2D eigenvalue weighted by atomic mass is 9.75. The van der Waals surface area contributed by atoms with E-state index in [-0.39, 0.29) is 5.97 Å². The Balaban J connectivity index is 2.75. The topological polar surface area (TPSA) is 46.5 Å². The molecule has 0 saturated heterocycles. The van der Waals surface area contributed by atoms with Gasteiger partial charge in [-0.3, -0.25) is 4.79 Å². The van der Waals surface area contributed by atoms with Crippen LogP contribution in [0.2, 0.25) is 0 Å². The average molecular weight is 198 g/mol. The summed E-state index contributed by atoms with van der Waals surface area (Å²) in [6.45, 7) is 3.59. The molecule has 1 rings (SSSR count). The molecular formula is C11H18O3. The van der Waals surface area contributed by atoms with Gasteiger partial charge in [0.05, 0.1) is 12.7 Å². The number of methoxy groups -OCH3 is 1. The van der Waals surface area contributed by atoms with E-state index in [1.807, 2.05) is 0 Å². The van der Waals surface area contributed by atoms with E-state index in [9.17, 15) is 9.90 Å². The van der Waals surface area contributed by atoms with Crippen LogP contribution in [-0.4, -0.2) is 23.8 Å². The van der Waals surface area contributed by atoms with E-state index in [4.69, 9.17) is 0 Å². The number of aliphatic hydroxyl groups is 1. The minimum atomic E-state index is -0.924. The molecule has 1 unspecified atom stereocenters. The molecule has 1 aliphatic rings. The van der Waals surface area contributed by atoms with Crippen molar-refractivity contribution in [3.8, 4) is 0 Å². The molecule has 3 heteroatoms. The molecule has 80 valence electrons. The second-order valence-electron chi connectivity index (χ2n) is 3.90. The first-order chi connectivity index (χ1) is 6.64. The Kier molecular flexibility index (Phi) is 3.69. The summed E-state index contributed by atoms with van der Waals surface area (Å²) < 4.78 is 4.65. The standard InChI is InChI=1S/C11H18O3/c1-3-9(10(12)14-2)11(13)7-5-4-6-8-11/h3,9,13H,1,4-8H2,2H3. The molecule has 1 aliphatic carbocycles. The molecule has 1 N–H and O–H groups in total.